The highest BCUT2D eigenvalue weighted by atomic mass is 19.1. The summed E-state index contributed by atoms with van der Waals surface area (Å²) in [7, 11) is 1.57. The van der Waals surface area contributed by atoms with Gasteiger partial charge in [-0.1, -0.05) is 0 Å². The molecule has 0 atom stereocenters. The number of benzene rings is 1. The molecule has 0 bridgehead atoms. The fourth-order valence-corrected chi connectivity index (χ4v) is 2.14. The second kappa shape index (κ2) is 5.44. The molecular weight excluding hydrogens is 305 g/mol. The SMILES string of the molecule is Cn1c(=O)[nH]c2nccc(Oc3ccc(NC(N)=O)c(F)c3)c21. The van der Waals surface area contributed by atoms with Crippen LogP contribution in [0.2, 0.25) is 0 Å². The zero-order valence-corrected chi connectivity index (χ0v) is 12.0. The molecule has 23 heavy (non-hydrogen) atoms. The maximum Gasteiger partial charge on any atom is 0.327 e. The number of nitrogens with two attached hydrogens (primary N) is 1. The van der Waals surface area contributed by atoms with Crippen molar-refractivity contribution in [1.29, 1.82) is 0 Å². The quantitative estimate of drug-likeness (QED) is 0.681. The molecule has 2 amide bonds. The van der Waals surface area contributed by atoms with Crippen LogP contribution in [-0.4, -0.2) is 20.6 Å². The summed E-state index contributed by atoms with van der Waals surface area (Å²) >= 11 is 0. The van der Waals surface area contributed by atoms with E-state index in [9.17, 15) is 14.0 Å². The summed E-state index contributed by atoms with van der Waals surface area (Å²) in [5, 5.41) is 2.15. The molecule has 2 heterocycles. The Morgan fingerprint density at radius 3 is 2.91 bits per heavy atom. The normalized spacial score (nSPS) is 10.7. The van der Waals surface area contributed by atoms with Gasteiger partial charge in [0.05, 0.1) is 5.69 Å². The molecule has 1 aromatic carbocycles. The third kappa shape index (κ3) is 2.71. The molecule has 4 N–H and O–H groups in total. The highest BCUT2D eigenvalue weighted by Crippen LogP contribution is 2.29. The summed E-state index contributed by atoms with van der Waals surface area (Å²) in [5.74, 6) is -0.168. The summed E-state index contributed by atoms with van der Waals surface area (Å²) in [5.41, 5.74) is 5.37. The Hall–Kier alpha value is -3.36. The second-order valence-corrected chi connectivity index (χ2v) is 4.73. The number of carbonyl (C=O) groups is 1. The van der Waals surface area contributed by atoms with Gasteiger partial charge in [0.15, 0.2) is 11.4 Å². The minimum Gasteiger partial charge on any atom is -0.455 e. The number of hydrogen-bond donors (Lipinski definition) is 3. The minimum atomic E-state index is -0.865. The number of ether oxygens (including phenoxy) is 1. The molecular formula is C14H12FN5O3. The van der Waals surface area contributed by atoms with E-state index in [1.54, 1.807) is 13.1 Å². The number of fused-ring (bicyclic) bond motifs is 1. The maximum absolute atomic E-state index is 13.9. The number of halogens is 1. The van der Waals surface area contributed by atoms with Crippen molar-refractivity contribution in [3.8, 4) is 11.5 Å². The Labute approximate surface area is 128 Å². The van der Waals surface area contributed by atoms with E-state index in [-0.39, 0.29) is 17.1 Å². The van der Waals surface area contributed by atoms with Crippen molar-refractivity contribution >= 4 is 22.9 Å². The van der Waals surface area contributed by atoms with Crippen LogP contribution >= 0.6 is 0 Å². The van der Waals surface area contributed by atoms with Gasteiger partial charge < -0.3 is 15.8 Å². The lowest BCUT2D eigenvalue weighted by Gasteiger charge is -2.09. The van der Waals surface area contributed by atoms with Gasteiger partial charge in [-0.05, 0) is 12.1 Å². The number of primary amides is 1. The molecule has 0 spiro atoms. The lowest BCUT2D eigenvalue weighted by atomic mass is 10.3. The molecule has 8 nitrogen and oxygen atoms in total. The molecule has 3 aromatic rings. The number of aryl methyl sites for hydroxylation is 1. The first kappa shape index (κ1) is 14.6. The predicted molar refractivity (Wildman–Crippen MR) is 81.0 cm³/mol. The Kier molecular flexibility index (Phi) is 3.45. The van der Waals surface area contributed by atoms with Crippen molar-refractivity contribution in [3.05, 3.63) is 46.8 Å². The van der Waals surface area contributed by atoms with E-state index >= 15 is 0 Å². The van der Waals surface area contributed by atoms with Gasteiger partial charge in [0.1, 0.15) is 17.1 Å². The highest BCUT2D eigenvalue weighted by Gasteiger charge is 2.12. The summed E-state index contributed by atoms with van der Waals surface area (Å²) in [6, 6.07) is 4.58. The van der Waals surface area contributed by atoms with Crippen LogP contribution in [-0.2, 0) is 7.05 Å². The topological polar surface area (TPSA) is 115 Å². The van der Waals surface area contributed by atoms with Crippen LogP contribution in [0, 0.1) is 5.82 Å². The van der Waals surface area contributed by atoms with E-state index in [0.717, 1.165) is 6.07 Å². The van der Waals surface area contributed by atoms with Crippen LogP contribution in [0.4, 0.5) is 14.9 Å². The molecule has 2 aromatic heterocycles. The van der Waals surface area contributed by atoms with Crippen LogP contribution in [0.25, 0.3) is 11.2 Å². The highest BCUT2D eigenvalue weighted by molar-refractivity contribution is 5.88. The lowest BCUT2D eigenvalue weighted by Crippen LogP contribution is -2.19. The van der Waals surface area contributed by atoms with Gasteiger partial charge in [-0.2, -0.15) is 0 Å². The monoisotopic (exact) mass is 317 g/mol. The fourth-order valence-electron chi connectivity index (χ4n) is 2.14. The van der Waals surface area contributed by atoms with Crippen molar-refractivity contribution in [2.24, 2.45) is 12.8 Å². The Bertz CT molecular complexity index is 963. The van der Waals surface area contributed by atoms with Crippen molar-refractivity contribution in [2.75, 3.05) is 5.32 Å². The number of carbonyl (C=O) groups excluding carboxylic acids is 1. The van der Waals surface area contributed by atoms with Gasteiger partial charge in [-0.25, -0.2) is 19.0 Å². The molecule has 0 saturated heterocycles. The lowest BCUT2D eigenvalue weighted by molar-refractivity contribution is 0.259. The number of amides is 2. The third-order valence-electron chi connectivity index (χ3n) is 3.18. The van der Waals surface area contributed by atoms with E-state index in [1.807, 2.05) is 0 Å². The Morgan fingerprint density at radius 1 is 1.43 bits per heavy atom. The van der Waals surface area contributed by atoms with E-state index in [0.29, 0.717) is 16.9 Å². The Morgan fingerprint density at radius 2 is 2.22 bits per heavy atom. The van der Waals surface area contributed by atoms with E-state index in [2.05, 4.69) is 15.3 Å². The standard InChI is InChI=1S/C14H12FN5O3/c1-20-11-10(4-5-17-12(11)19-14(20)22)23-7-2-3-9(8(15)6-7)18-13(16)21/h2-6H,1H3,(H3,16,18,21)(H,17,19,22). The minimum absolute atomic E-state index is 0.0567. The first-order valence-electron chi connectivity index (χ1n) is 6.53. The number of anilines is 1. The Balaban J connectivity index is 1.98. The first-order valence-corrected chi connectivity index (χ1v) is 6.53. The van der Waals surface area contributed by atoms with Gasteiger partial charge in [0, 0.05) is 25.4 Å². The molecule has 0 aliphatic carbocycles. The van der Waals surface area contributed by atoms with E-state index in [4.69, 9.17) is 10.5 Å². The molecule has 0 aliphatic rings. The van der Waals surface area contributed by atoms with Crippen LogP contribution in [0.5, 0.6) is 11.5 Å². The molecule has 3 rings (SSSR count). The average molecular weight is 317 g/mol. The largest absolute Gasteiger partial charge is 0.455 e. The van der Waals surface area contributed by atoms with Gasteiger partial charge in [0.2, 0.25) is 0 Å². The maximum atomic E-state index is 13.9. The van der Waals surface area contributed by atoms with Gasteiger partial charge in [0.25, 0.3) is 0 Å². The number of aromatic nitrogens is 3. The van der Waals surface area contributed by atoms with Crippen LogP contribution in [0.15, 0.2) is 35.3 Å². The summed E-state index contributed by atoms with van der Waals surface area (Å²) in [6.07, 6.45) is 1.47. The average Bonchev–Trinajstić information content (AvgIpc) is 2.78. The molecule has 0 fully saturated rings. The number of H-pyrrole nitrogens is 1. The van der Waals surface area contributed by atoms with E-state index in [1.165, 1.54) is 22.9 Å². The molecule has 0 aliphatic heterocycles. The smallest absolute Gasteiger partial charge is 0.327 e. The first-order chi connectivity index (χ1) is 11.0. The zero-order valence-electron chi connectivity index (χ0n) is 12.0. The number of rotatable bonds is 3. The zero-order chi connectivity index (χ0) is 16.6. The van der Waals surface area contributed by atoms with Crippen LogP contribution in [0.3, 0.4) is 0 Å². The number of nitrogens with one attached hydrogen (secondary N) is 2. The summed E-state index contributed by atoms with van der Waals surface area (Å²) in [6.45, 7) is 0. The number of nitrogens with zero attached hydrogens (tertiary/aromatic N) is 2. The van der Waals surface area contributed by atoms with Crippen molar-refractivity contribution in [3.63, 3.8) is 0 Å². The molecule has 9 heteroatoms. The van der Waals surface area contributed by atoms with E-state index < -0.39 is 11.8 Å². The number of urea groups is 1. The van der Waals surface area contributed by atoms with Crippen LogP contribution in [0.1, 0.15) is 0 Å². The summed E-state index contributed by atoms with van der Waals surface area (Å²) in [4.78, 5) is 29.0. The van der Waals surface area contributed by atoms with Crippen molar-refractivity contribution in [1.82, 2.24) is 14.5 Å². The second-order valence-electron chi connectivity index (χ2n) is 4.73. The number of hydrogen-bond acceptors (Lipinski definition) is 4. The van der Waals surface area contributed by atoms with Gasteiger partial charge in [-0.3, -0.25) is 9.55 Å². The predicted octanol–water partition coefficient (Wildman–Crippen LogP) is 1.68. The molecule has 0 saturated carbocycles. The fraction of sp³-hybridized carbons (Fsp3) is 0.0714. The molecule has 0 radical (unpaired) electrons. The summed E-state index contributed by atoms with van der Waals surface area (Å²) < 4.78 is 20.9. The molecule has 118 valence electrons. The number of imidazole rings is 1. The number of pyridine rings is 1. The molecule has 0 unspecified atom stereocenters. The van der Waals surface area contributed by atoms with Crippen molar-refractivity contribution < 1.29 is 13.9 Å². The number of aromatic amines is 1. The van der Waals surface area contributed by atoms with Gasteiger partial charge >= 0.3 is 11.7 Å². The third-order valence-corrected chi connectivity index (χ3v) is 3.18. The van der Waals surface area contributed by atoms with Gasteiger partial charge in [-0.15, -0.1) is 0 Å². The van der Waals surface area contributed by atoms with Crippen LogP contribution < -0.4 is 21.5 Å². The van der Waals surface area contributed by atoms with Crippen molar-refractivity contribution in [2.45, 2.75) is 0 Å².